The molecule has 4 aromatic rings. The molecular weight excluding hydrogens is 328 g/mol. The fourth-order valence-electron chi connectivity index (χ4n) is 2.75. The summed E-state index contributed by atoms with van der Waals surface area (Å²) in [6.07, 6.45) is 5.81. The molecule has 1 N–H and O–H groups in total. The standard InChI is InChI=1S/C19H18N6O/c1-23(14-18-22-21-17-9-2-3-12-25(17)18)19(26)20-15-7-6-8-16(13-15)24-10-4-5-11-24/h2-13H,14H2,1H3,(H,20,26). The smallest absolute Gasteiger partial charge is 0.321 e. The van der Waals surface area contributed by atoms with E-state index < -0.39 is 0 Å². The Kier molecular flexibility index (Phi) is 4.10. The van der Waals surface area contributed by atoms with Crippen molar-refractivity contribution in [2.45, 2.75) is 6.54 Å². The lowest BCUT2D eigenvalue weighted by Crippen LogP contribution is -2.31. The lowest BCUT2D eigenvalue weighted by molar-refractivity contribution is 0.219. The molecule has 7 nitrogen and oxygen atoms in total. The summed E-state index contributed by atoms with van der Waals surface area (Å²) in [7, 11) is 1.73. The van der Waals surface area contributed by atoms with E-state index in [2.05, 4.69) is 15.5 Å². The number of nitrogens with one attached hydrogen (secondary N) is 1. The van der Waals surface area contributed by atoms with Crippen molar-refractivity contribution in [1.82, 2.24) is 24.1 Å². The molecule has 0 atom stereocenters. The molecule has 0 fully saturated rings. The van der Waals surface area contributed by atoms with E-state index in [1.54, 1.807) is 11.9 Å². The first-order valence-electron chi connectivity index (χ1n) is 8.25. The van der Waals surface area contributed by atoms with Crippen LogP contribution in [0.3, 0.4) is 0 Å². The highest BCUT2D eigenvalue weighted by atomic mass is 16.2. The molecular formula is C19H18N6O. The van der Waals surface area contributed by atoms with Gasteiger partial charge in [-0.05, 0) is 42.5 Å². The molecule has 0 aliphatic rings. The third-order valence-electron chi connectivity index (χ3n) is 4.11. The maximum atomic E-state index is 12.5. The first-order chi connectivity index (χ1) is 12.7. The van der Waals surface area contributed by atoms with E-state index in [4.69, 9.17) is 0 Å². The minimum atomic E-state index is -0.206. The third kappa shape index (κ3) is 3.14. The van der Waals surface area contributed by atoms with Gasteiger partial charge in [-0.15, -0.1) is 10.2 Å². The number of benzene rings is 1. The van der Waals surface area contributed by atoms with Gasteiger partial charge in [0.25, 0.3) is 0 Å². The van der Waals surface area contributed by atoms with Gasteiger partial charge in [-0.1, -0.05) is 12.1 Å². The third-order valence-corrected chi connectivity index (χ3v) is 4.11. The second-order valence-corrected chi connectivity index (χ2v) is 5.97. The van der Waals surface area contributed by atoms with Crippen LogP contribution in [0.2, 0.25) is 0 Å². The molecule has 0 aliphatic carbocycles. The molecule has 130 valence electrons. The highest BCUT2D eigenvalue weighted by molar-refractivity contribution is 5.89. The van der Waals surface area contributed by atoms with Gasteiger partial charge in [-0.2, -0.15) is 0 Å². The predicted molar refractivity (Wildman–Crippen MR) is 99.2 cm³/mol. The summed E-state index contributed by atoms with van der Waals surface area (Å²) in [6, 6.07) is 17.1. The van der Waals surface area contributed by atoms with Gasteiger partial charge in [0.15, 0.2) is 11.5 Å². The molecule has 7 heteroatoms. The van der Waals surface area contributed by atoms with Crippen molar-refractivity contribution >= 4 is 17.4 Å². The van der Waals surface area contributed by atoms with E-state index in [0.717, 1.165) is 17.0 Å². The second kappa shape index (κ2) is 6.72. The van der Waals surface area contributed by atoms with E-state index in [9.17, 15) is 4.79 Å². The minimum Gasteiger partial charge on any atom is -0.324 e. The molecule has 3 aromatic heterocycles. The number of hydrogen-bond donors (Lipinski definition) is 1. The zero-order valence-corrected chi connectivity index (χ0v) is 14.3. The summed E-state index contributed by atoms with van der Waals surface area (Å²) < 4.78 is 3.86. The largest absolute Gasteiger partial charge is 0.324 e. The molecule has 0 saturated heterocycles. The summed E-state index contributed by atoms with van der Waals surface area (Å²) in [5.74, 6) is 0.708. The molecule has 3 heterocycles. The SMILES string of the molecule is CN(Cc1nnc2ccccn12)C(=O)Nc1cccc(-n2cccc2)c1. The normalized spacial score (nSPS) is 10.8. The lowest BCUT2D eigenvalue weighted by atomic mass is 10.2. The van der Waals surface area contributed by atoms with Crippen LogP contribution in [0.1, 0.15) is 5.82 Å². The van der Waals surface area contributed by atoms with E-state index in [1.807, 2.05) is 82.2 Å². The van der Waals surface area contributed by atoms with Crippen molar-refractivity contribution in [3.63, 3.8) is 0 Å². The highest BCUT2D eigenvalue weighted by Crippen LogP contribution is 2.15. The molecule has 0 bridgehead atoms. The number of anilines is 1. The molecule has 2 amide bonds. The lowest BCUT2D eigenvalue weighted by Gasteiger charge is -2.17. The zero-order chi connectivity index (χ0) is 17.9. The second-order valence-electron chi connectivity index (χ2n) is 5.97. The number of urea groups is 1. The van der Waals surface area contributed by atoms with Gasteiger partial charge in [0, 0.05) is 37.0 Å². The summed E-state index contributed by atoms with van der Waals surface area (Å²) in [5.41, 5.74) is 2.48. The number of carbonyl (C=O) groups excluding carboxylic acids is 1. The minimum absolute atomic E-state index is 0.206. The average Bonchev–Trinajstić information content (AvgIpc) is 3.32. The molecule has 4 rings (SSSR count). The quantitative estimate of drug-likeness (QED) is 0.617. The van der Waals surface area contributed by atoms with Gasteiger partial charge in [0.1, 0.15) is 0 Å². The average molecular weight is 346 g/mol. The van der Waals surface area contributed by atoms with Crippen LogP contribution in [0.4, 0.5) is 10.5 Å². The number of amides is 2. The van der Waals surface area contributed by atoms with E-state index in [1.165, 1.54) is 0 Å². The Labute approximate surface area is 150 Å². The summed E-state index contributed by atoms with van der Waals surface area (Å²) in [5, 5.41) is 11.2. The van der Waals surface area contributed by atoms with Crippen LogP contribution < -0.4 is 5.32 Å². The Hall–Kier alpha value is -3.61. The number of pyridine rings is 1. The Morgan fingerprint density at radius 3 is 2.69 bits per heavy atom. The van der Waals surface area contributed by atoms with Crippen LogP contribution in [-0.2, 0) is 6.54 Å². The number of fused-ring (bicyclic) bond motifs is 1. The number of nitrogens with zero attached hydrogens (tertiary/aromatic N) is 5. The number of carbonyl (C=O) groups is 1. The zero-order valence-electron chi connectivity index (χ0n) is 14.3. The fraction of sp³-hybridized carbons (Fsp3) is 0.105. The van der Waals surface area contributed by atoms with Gasteiger partial charge in [0.05, 0.1) is 6.54 Å². The van der Waals surface area contributed by atoms with Crippen LogP contribution >= 0.6 is 0 Å². The van der Waals surface area contributed by atoms with Gasteiger partial charge in [-0.3, -0.25) is 4.40 Å². The molecule has 0 unspecified atom stereocenters. The van der Waals surface area contributed by atoms with Gasteiger partial charge in [0.2, 0.25) is 0 Å². The summed E-state index contributed by atoms with van der Waals surface area (Å²) in [4.78, 5) is 14.1. The Balaban J connectivity index is 1.47. The van der Waals surface area contributed by atoms with Gasteiger partial charge < -0.3 is 14.8 Å². The van der Waals surface area contributed by atoms with Crippen molar-refractivity contribution in [3.8, 4) is 5.69 Å². The van der Waals surface area contributed by atoms with Crippen molar-refractivity contribution in [2.24, 2.45) is 0 Å². The first kappa shape index (κ1) is 15.9. The number of aromatic nitrogens is 4. The number of hydrogen-bond acceptors (Lipinski definition) is 3. The van der Waals surface area contributed by atoms with E-state index >= 15 is 0 Å². The van der Waals surface area contributed by atoms with Crippen LogP contribution in [0, 0.1) is 0 Å². The van der Waals surface area contributed by atoms with Crippen LogP contribution in [0.25, 0.3) is 11.3 Å². The monoisotopic (exact) mass is 346 g/mol. The van der Waals surface area contributed by atoms with E-state index in [0.29, 0.717) is 12.4 Å². The fourth-order valence-corrected chi connectivity index (χ4v) is 2.75. The van der Waals surface area contributed by atoms with Crippen molar-refractivity contribution in [1.29, 1.82) is 0 Å². The maximum Gasteiger partial charge on any atom is 0.321 e. The molecule has 0 saturated carbocycles. The summed E-state index contributed by atoms with van der Waals surface area (Å²) >= 11 is 0. The summed E-state index contributed by atoms with van der Waals surface area (Å²) in [6.45, 7) is 0.355. The van der Waals surface area contributed by atoms with Crippen molar-refractivity contribution < 1.29 is 4.79 Å². The Morgan fingerprint density at radius 1 is 1.04 bits per heavy atom. The Morgan fingerprint density at radius 2 is 1.85 bits per heavy atom. The molecule has 1 aromatic carbocycles. The molecule has 0 radical (unpaired) electrons. The molecule has 26 heavy (non-hydrogen) atoms. The highest BCUT2D eigenvalue weighted by Gasteiger charge is 2.13. The Bertz CT molecular complexity index is 1040. The maximum absolute atomic E-state index is 12.5. The van der Waals surface area contributed by atoms with Crippen molar-refractivity contribution in [3.05, 3.63) is 79.0 Å². The van der Waals surface area contributed by atoms with Crippen LogP contribution in [-0.4, -0.2) is 37.1 Å². The van der Waals surface area contributed by atoms with Gasteiger partial charge in [-0.25, -0.2) is 4.79 Å². The molecule has 0 spiro atoms. The topological polar surface area (TPSA) is 67.5 Å². The molecule has 0 aliphatic heterocycles. The van der Waals surface area contributed by atoms with Crippen molar-refractivity contribution in [2.75, 3.05) is 12.4 Å². The van der Waals surface area contributed by atoms with E-state index in [-0.39, 0.29) is 6.03 Å². The van der Waals surface area contributed by atoms with Crippen LogP contribution in [0.5, 0.6) is 0 Å². The number of rotatable bonds is 4. The van der Waals surface area contributed by atoms with Crippen LogP contribution in [0.15, 0.2) is 73.2 Å². The van der Waals surface area contributed by atoms with Gasteiger partial charge >= 0.3 is 6.03 Å². The predicted octanol–water partition coefficient (Wildman–Crippen LogP) is 3.18. The first-order valence-corrected chi connectivity index (χ1v) is 8.25.